The number of fused-ring (bicyclic) bond motifs is 1. The van der Waals surface area contributed by atoms with Gasteiger partial charge in [-0.3, -0.25) is 19.3 Å². The summed E-state index contributed by atoms with van der Waals surface area (Å²) >= 11 is 1.30. The molecule has 0 spiro atoms. The Bertz CT molecular complexity index is 1220. The Morgan fingerprint density at radius 3 is 2.29 bits per heavy atom. The van der Waals surface area contributed by atoms with Crippen molar-refractivity contribution in [2.24, 2.45) is 18.9 Å². The van der Waals surface area contributed by atoms with Gasteiger partial charge < -0.3 is 9.30 Å². The van der Waals surface area contributed by atoms with E-state index in [0.717, 1.165) is 31.4 Å². The van der Waals surface area contributed by atoms with E-state index in [0.29, 0.717) is 22.2 Å². The van der Waals surface area contributed by atoms with Crippen molar-refractivity contribution in [1.29, 1.82) is 0 Å². The van der Waals surface area contributed by atoms with Crippen LogP contribution in [-0.4, -0.2) is 38.1 Å². The summed E-state index contributed by atoms with van der Waals surface area (Å²) < 4.78 is 7.54. The number of amides is 2. The van der Waals surface area contributed by atoms with E-state index >= 15 is 0 Å². The summed E-state index contributed by atoms with van der Waals surface area (Å²) in [4.78, 5) is 39.7. The molecule has 0 N–H and O–H groups in total. The lowest BCUT2D eigenvalue weighted by atomic mass is 9.81. The Morgan fingerprint density at radius 1 is 0.971 bits per heavy atom. The summed E-state index contributed by atoms with van der Waals surface area (Å²) in [6, 6.07) is 16.2. The summed E-state index contributed by atoms with van der Waals surface area (Å²) in [7, 11) is 1.84. The van der Waals surface area contributed by atoms with Gasteiger partial charge in [-0.05, 0) is 49.2 Å². The first-order chi connectivity index (χ1) is 17.0. The van der Waals surface area contributed by atoms with Gasteiger partial charge in [-0.1, -0.05) is 42.8 Å². The number of Topliss-reactive ketones (excluding diaryl/α,β-unsaturated/α-hetero) is 1. The number of carbonyl (C=O) groups excluding carboxylic acids is 3. The van der Waals surface area contributed by atoms with Gasteiger partial charge in [0.2, 0.25) is 11.8 Å². The SMILES string of the molecule is Cn1c(COc2ccccc2)nnc1SCC(=O)c1ccc(N2C(=O)[C@H]3CCCC[C@@H]3C2=O)cc1. The molecule has 2 aliphatic rings. The minimum atomic E-state index is -0.191. The monoisotopic (exact) mass is 490 g/mol. The molecule has 0 radical (unpaired) electrons. The molecule has 1 aliphatic heterocycles. The smallest absolute Gasteiger partial charge is 0.237 e. The van der Waals surface area contributed by atoms with Gasteiger partial charge in [0.15, 0.2) is 16.8 Å². The lowest BCUT2D eigenvalue weighted by Crippen LogP contribution is -2.30. The van der Waals surface area contributed by atoms with Crippen molar-refractivity contribution in [3.8, 4) is 5.75 Å². The Balaban J connectivity index is 1.19. The van der Waals surface area contributed by atoms with Gasteiger partial charge in [0, 0.05) is 12.6 Å². The van der Waals surface area contributed by atoms with E-state index in [2.05, 4.69) is 10.2 Å². The number of para-hydroxylation sites is 1. The van der Waals surface area contributed by atoms with Crippen molar-refractivity contribution < 1.29 is 19.1 Å². The van der Waals surface area contributed by atoms with E-state index in [9.17, 15) is 14.4 Å². The van der Waals surface area contributed by atoms with Crippen LogP contribution in [0.15, 0.2) is 59.8 Å². The van der Waals surface area contributed by atoms with Crippen LogP contribution in [0.5, 0.6) is 5.75 Å². The van der Waals surface area contributed by atoms with Gasteiger partial charge in [0.1, 0.15) is 12.4 Å². The van der Waals surface area contributed by atoms with Crippen LogP contribution in [0.3, 0.4) is 0 Å². The van der Waals surface area contributed by atoms with Crippen molar-refractivity contribution in [3.63, 3.8) is 0 Å². The van der Waals surface area contributed by atoms with Gasteiger partial charge in [0.05, 0.1) is 23.3 Å². The minimum Gasteiger partial charge on any atom is -0.486 e. The number of ketones is 1. The molecular formula is C26H26N4O4S. The number of anilines is 1. The molecule has 35 heavy (non-hydrogen) atoms. The number of imide groups is 1. The van der Waals surface area contributed by atoms with Crippen molar-refractivity contribution in [1.82, 2.24) is 14.8 Å². The van der Waals surface area contributed by atoms with Crippen LogP contribution in [-0.2, 0) is 23.2 Å². The summed E-state index contributed by atoms with van der Waals surface area (Å²) in [6.07, 6.45) is 3.54. The standard InChI is InChI=1S/C26H26N4O4S/c1-29-23(15-34-19-7-3-2-4-8-19)27-28-26(29)35-16-22(31)17-11-13-18(14-12-17)30-24(32)20-9-5-6-10-21(20)25(30)33/h2-4,7-8,11-14,20-21H,5-6,9-10,15-16H2,1H3/t20-,21-/m0/s1. The van der Waals surface area contributed by atoms with E-state index in [1.807, 2.05) is 41.9 Å². The number of nitrogens with zero attached hydrogens (tertiary/aromatic N) is 4. The highest BCUT2D eigenvalue weighted by Crippen LogP contribution is 2.40. The maximum Gasteiger partial charge on any atom is 0.237 e. The molecule has 2 atom stereocenters. The number of hydrogen-bond acceptors (Lipinski definition) is 7. The van der Waals surface area contributed by atoms with Crippen molar-refractivity contribution in [3.05, 3.63) is 66.0 Å². The quantitative estimate of drug-likeness (QED) is 0.267. The molecule has 2 aromatic carbocycles. The fourth-order valence-corrected chi connectivity index (χ4v) is 5.51. The molecule has 9 heteroatoms. The Morgan fingerprint density at radius 2 is 1.63 bits per heavy atom. The van der Waals surface area contributed by atoms with Gasteiger partial charge in [-0.15, -0.1) is 10.2 Å². The zero-order valence-corrected chi connectivity index (χ0v) is 20.2. The molecule has 8 nitrogen and oxygen atoms in total. The second kappa shape index (κ2) is 10.0. The Kier molecular flexibility index (Phi) is 6.68. The average Bonchev–Trinajstić information content (AvgIpc) is 3.38. The molecule has 2 fully saturated rings. The maximum atomic E-state index is 12.8. The first kappa shape index (κ1) is 23.3. The van der Waals surface area contributed by atoms with Crippen molar-refractivity contribution in [2.45, 2.75) is 37.4 Å². The minimum absolute atomic E-state index is 0.0700. The van der Waals surface area contributed by atoms with Crippen LogP contribution < -0.4 is 9.64 Å². The van der Waals surface area contributed by atoms with E-state index in [4.69, 9.17) is 4.74 Å². The molecule has 5 rings (SSSR count). The molecule has 3 aromatic rings. The highest BCUT2D eigenvalue weighted by atomic mass is 32.2. The van der Waals surface area contributed by atoms with Gasteiger partial charge in [-0.25, -0.2) is 0 Å². The summed E-state index contributed by atoms with van der Waals surface area (Å²) in [6.45, 7) is 0.277. The third-order valence-corrected chi connectivity index (χ3v) is 7.68. The van der Waals surface area contributed by atoms with Crippen LogP contribution in [0.4, 0.5) is 5.69 Å². The number of hydrogen-bond donors (Lipinski definition) is 0. The van der Waals surface area contributed by atoms with Crippen LogP contribution in [0.25, 0.3) is 0 Å². The summed E-state index contributed by atoms with van der Waals surface area (Å²) in [5.74, 6) is 0.933. The second-order valence-corrected chi connectivity index (χ2v) is 9.77. The molecule has 2 amide bonds. The lowest BCUT2D eigenvalue weighted by molar-refractivity contribution is -0.122. The number of carbonyl (C=O) groups is 3. The summed E-state index contributed by atoms with van der Waals surface area (Å²) in [5, 5.41) is 8.97. The Hall–Kier alpha value is -3.46. The van der Waals surface area contributed by atoms with Crippen LogP contribution in [0.2, 0.25) is 0 Å². The van der Waals surface area contributed by atoms with E-state index in [1.165, 1.54) is 16.7 Å². The third kappa shape index (κ3) is 4.73. The first-order valence-electron chi connectivity index (χ1n) is 11.7. The predicted octanol–water partition coefficient (Wildman–Crippen LogP) is 4.05. The number of benzene rings is 2. The fraction of sp³-hybridized carbons (Fsp3) is 0.346. The van der Waals surface area contributed by atoms with Crippen LogP contribution >= 0.6 is 11.8 Å². The molecule has 0 unspecified atom stereocenters. The summed E-state index contributed by atoms with van der Waals surface area (Å²) in [5.41, 5.74) is 1.06. The molecule has 1 aliphatic carbocycles. The molecular weight excluding hydrogens is 464 g/mol. The molecule has 1 aromatic heterocycles. The van der Waals surface area contributed by atoms with Crippen molar-refractivity contribution in [2.75, 3.05) is 10.7 Å². The zero-order valence-electron chi connectivity index (χ0n) is 19.4. The van der Waals surface area contributed by atoms with Gasteiger partial charge >= 0.3 is 0 Å². The highest BCUT2D eigenvalue weighted by Gasteiger charge is 2.48. The van der Waals surface area contributed by atoms with Gasteiger partial charge in [-0.2, -0.15) is 0 Å². The molecule has 180 valence electrons. The van der Waals surface area contributed by atoms with Crippen LogP contribution in [0.1, 0.15) is 41.9 Å². The predicted molar refractivity (Wildman–Crippen MR) is 131 cm³/mol. The van der Waals surface area contributed by atoms with Crippen LogP contribution in [0, 0.1) is 11.8 Å². The lowest BCUT2D eigenvalue weighted by Gasteiger charge is -2.19. The number of thioether (sulfide) groups is 1. The number of aromatic nitrogens is 3. The topological polar surface area (TPSA) is 94.4 Å². The highest BCUT2D eigenvalue weighted by molar-refractivity contribution is 7.99. The van der Waals surface area contributed by atoms with E-state index < -0.39 is 0 Å². The van der Waals surface area contributed by atoms with Gasteiger partial charge in [0.25, 0.3) is 0 Å². The average molecular weight is 491 g/mol. The molecule has 2 heterocycles. The second-order valence-electron chi connectivity index (χ2n) is 8.83. The maximum absolute atomic E-state index is 12.8. The molecule has 1 saturated heterocycles. The zero-order chi connectivity index (χ0) is 24.4. The largest absolute Gasteiger partial charge is 0.486 e. The molecule has 1 saturated carbocycles. The number of rotatable bonds is 8. The number of ether oxygens (including phenoxy) is 1. The van der Waals surface area contributed by atoms with E-state index in [-0.39, 0.29) is 41.8 Å². The van der Waals surface area contributed by atoms with Crippen molar-refractivity contribution >= 4 is 35.0 Å². The normalized spacial score (nSPS) is 19.6. The Labute approximate surface area is 207 Å². The first-order valence-corrected chi connectivity index (χ1v) is 12.7. The molecule has 0 bridgehead atoms. The van der Waals surface area contributed by atoms with E-state index in [1.54, 1.807) is 24.3 Å². The fourth-order valence-electron chi connectivity index (χ4n) is 4.69. The third-order valence-electron chi connectivity index (χ3n) is 6.66.